The zero-order valence-electron chi connectivity index (χ0n) is 9.17. The van der Waals surface area contributed by atoms with E-state index in [0.717, 1.165) is 6.20 Å². The summed E-state index contributed by atoms with van der Waals surface area (Å²) in [5.41, 5.74) is 0.00754. The minimum absolute atomic E-state index is 0.211. The molecular weight excluding hydrogens is 302 g/mol. The lowest BCUT2D eigenvalue weighted by Gasteiger charge is -2.17. The van der Waals surface area contributed by atoms with Crippen LogP contribution in [0.25, 0.3) is 0 Å². The van der Waals surface area contributed by atoms with Gasteiger partial charge in [-0.25, -0.2) is 0 Å². The molecule has 0 radical (unpaired) electrons. The average Bonchev–Trinajstić information content (AvgIpc) is 2.70. The Morgan fingerprint density at radius 3 is 2.89 bits per heavy atom. The molecule has 1 amide bonds. The number of hydrogen-bond acceptors (Lipinski definition) is 4. The molecule has 1 saturated heterocycles. The van der Waals surface area contributed by atoms with Crippen LogP contribution in [-0.2, 0) is 4.79 Å². The summed E-state index contributed by atoms with van der Waals surface area (Å²) >= 11 is 3.18. The normalized spacial score (nSPS) is 18.8. The Morgan fingerprint density at radius 2 is 2.33 bits per heavy atom. The molecule has 0 aliphatic carbocycles. The molecule has 6 nitrogen and oxygen atoms in total. The van der Waals surface area contributed by atoms with Crippen molar-refractivity contribution in [3.63, 3.8) is 0 Å². The van der Waals surface area contributed by atoms with Crippen molar-refractivity contribution in [2.45, 2.75) is 6.42 Å². The van der Waals surface area contributed by atoms with Gasteiger partial charge in [-0.3, -0.25) is 19.9 Å². The Kier molecular flexibility index (Phi) is 3.30. The van der Waals surface area contributed by atoms with E-state index in [1.807, 2.05) is 0 Å². The summed E-state index contributed by atoms with van der Waals surface area (Å²) in [6.07, 6.45) is 8.03. The van der Waals surface area contributed by atoms with Crippen LogP contribution in [0.4, 0.5) is 11.4 Å². The molecule has 1 aliphatic heterocycles. The fourth-order valence-corrected chi connectivity index (χ4v) is 2.39. The second kappa shape index (κ2) is 4.74. The van der Waals surface area contributed by atoms with Gasteiger partial charge in [0.15, 0.2) is 0 Å². The number of carbonyl (C=O) groups excluding carboxylic acids is 1. The highest BCUT2D eigenvalue weighted by molar-refractivity contribution is 9.10. The molecule has 1 fully saturated rings. The maximum Gasteiger partial charge on any atom is 0.312 e. The molecule has 0 spiro atoms. The Bertz CT molecular complexity index is 567. The molecule has 0 aromatic carbocycles. The number of terminal acetylenes is 1. The van der Waals surface area contributed by atoms with E-state index >= 15 is 0 Å². The molecular formula is C11H8BrN3O3. The lowest BCUT2D eigenvalue weighted by Crippen LogP contribution is -2.25. The summed E-state index contributed by atoms with van der Waals surface area (Å²) < 4.78 is 0.405. The van der Waals surface area contributed by atoms with Crippen LogP contribution in [0.1, 0.15) is 6.42 Å². The zero-order valence-corrected chi connectivity index (χ0v) is 10.8. The van der Waals surface area contributed by atoms with Gasteiger partial charge in [-0.15, -0.1) is 12.3 Å². The second-order valence-electron chi connectivity index (χ2n) is 3.82. The summed E-state index contributed by atoms with van der Waals surface area (Å²) in [6.45, 7) is 0.290. The molecule has 0 saturated carbocycles. The lowest BCUT2D eigenvalue weighted by atomic mass is 10.1. The van der Waals surface area contributed by atoms with Crippen LogP contribution in [-0.4, -0.2) is 22.4 Å². The molecule has 1 atom stereocenters. The van der Waals surface area contributed by atoms with E-state index in [1.165, 1.54) is 11.1 Å². The monoisotopic (exact) mass is 309 g/mol. The lowest BCUT2D eigenvalue weighted by molar-refractivity contribution is -0.384. The number of rotatable bonds is 2. The van der Waals surface area contributed by atoms with Gasteiger partial charge >= 0.3 is 5.69 Å². The molecule has 2 heterocycles. The van der Waals surface area contributed by atoms with Crippen molar-refractivity contribution in [1.82, 2.24) is 4.98 Å². The summed E-state index contributed by atoms with van der Waals surface area (Å²) in [7, 11) is 0. The van der Waals surface area contributed by atoms with Gasteiger partial charge in [0.1, 0.15) is 11.9 Å². The van der Waals surface area contributed by atoms with E-state index in [9.17, 15) is 14.9 Å². The smallest absolute Gasteiger partial charge is 0.304 e. The maximum absolute atomic E-state index is 11.8. The predicted octanol–water partition coefficient (Wildman–Crippen LogP) is 1.74. The SMILES string of the molecule is C#CC1CC(=O)N(c2c(Br)cncc2[N+](=O)[O-])C1. The summed E-state index contributed by atoms with van der Waals surface area (Å²) in [5, 5.41) is 11.0. The minimum Gasteiger partial charge on any atom is -0.304 e. The Hall–Kier alpha value is -1.94. The Balaban J connectivity index is 2.49. The number of aromatic nitrogens is 1. The van der Waals surface area contributed by atoms with E-state index in [-0.39, 0.29) is 29.6 Å². The van der Waals surface area contributed by atoms with Gasteiger partial charge in [0, 0.05) is 25.1 Å². The molecule has 18 heavy (non-hydrogen) atoms. The molecule has 1 aliphatic rings. The van der Waals surface area contributed by atoms with Gasteiger partial charge in [-0.05, 0) is 15.9 Å². The average molecular weight is 310 g/mol. The highest BCUT2D eigenvalue weighted by atomic mass is 79.9. The van der Waals surface area contributed by atoms with Gasteiger partial charge in [0.25, 0.3) is 0 Å². The van der Waals surface area contributed by atoms with Crippen molar-refractivity contribution in [3.05, 3.63) is 27.0 Å². The Morgan fingerprint density at radius 1 is 1.61 bits per heavy atom. The number of amides is 1. The molecule has 0 N–H and O–H groups in total. The van der Waals surface area contributed by atoms with Crippen molar-refractivity contribution in [2.75, 3.05) is 11.4 Å². The Labute approximate surface area is 111 Å². The zero-order chi connectivity index (χ0) is 13.3. The van der Waals surface area contributed by atoms with Gasteiger partial charge in [0.2, 0.25) is 5.91 Å². The fourth-order valence-electron chi connectivity index (χ4n) is 1.85. The molecule has 92 valence electrons. The topological polar surface area (TPSA) is 76.3 Å². The summed E-state index contributed by atoms with van der Waals surface area (Å²) in [6, 6.07) is 0. The van der Waals surface area contributed by atoms with Crippen molar-refractivity contribution >= 4 is 33.2 Å². The number of halogens is 1. The van der Waals surface area contributed by atoms with E-state index in [0.29, 0.717) is 11.0 Å². The number of hydrogen-bond donors (Lipinski definition) is 0. The van der Waals surface area contributed by atoms with Crippen molar-refractivity contribution in [1.29, 1.82) is 0 Å². The third kappa shape index (κ3) is 2.07. The third-order valence-corrected chi connectivity index (χ3v) is 3.26. The number of pyridine rings is 1. The number of nitro groups is 1. The van der Waals surface area contributed by atoms with Crippen LogP contribution in [0.2, 0.25) is 0 Å². The number of nitrogens with zero attached hydrogens (tertiary/aromatic N) is 3. The van der Waals surface area contributed by atoms with Crippen LogP contribution in [0, 0.1) is 28.4 Å². The third-order valence-electron chi connectivity index (χ3n) is 2.68. The number of carbonyl (C=O) groups is 1. The first kappa shape index (κ1) is 12.5. The predicted molar refractivity (Wildman–Crippen MR) is 67.9 cm³/mol. The molecule has 7 heteroatoms. The van der Waals surface area contributed by atoms with Crippen molar-refractivity contribution in [2.24, 2.45) is 5.92 Å². The van der Waals surface area contributed by atoms with E-state index < -0.39 is 4.92 Å². The van der Waals surface area contributed by atoms with E-state index in [2.05, 4.69) is 26.8 Å². The van der Waals surface area contributed by atoms with Crippen molar-refractivity contribution < 1.29 is 9.72 Å². The van der Waals surface area contributed by atoms with E-state index in [4.69, 9.17) is 6.42 Å². The van der Waals surface area contributed by atoms with Crippen LogP contribution < -0.4 is 4.90 Å². The van der Waals surface area contributed by atoms with Crippen LogP contribution in [0.3, 0.4) is 0 Å². The van der Waals surface area contributed by atoms with Gasteiger partial charge < -0.3 is 4.90 Å². The standard InChI is InChI=1S/C11H8BrN3O3/c1-2-7-3-10(16)14(6-7)11-8(12)4-13-5-9(11)15(17)18/h1,4-5,7H,3,6H2. The van der Waals surface area contributed by atoms with Crippen molar-refractivity contribution in [3.8, 4) is 12.3 Å². The maximum atomic E-state index is 11.8. The second-order valence-corrected chi connectivity index (χ2v) is 4.67. The largest absolute Gasteiger partial charge is 0.312 e. The summed E-state index contributed by atoms with van der Waals surface area (Å²) in [4.78, 5) is 27.3. The molecule has 1 unspecified atom stereocenters. The quantitative estimate of drug-likeness (QED) is 0.473. The van der Waals surface area contributed by atoms with Crippen LogP contribution in [0.15, 0.2) is 16.9 Å². The summed E-state index contributed by atoms with van der Waals surface area (Å²) in [5.74, 6) is 2.07. The van der Waals surface area contributed by atoms with E-state index in [1.54, 1.807) is 0 Å². The first-order valence-corrected chi connectivity index (χ1v) is 5.88. The molecule has 1 aromatic heterocycles. The molecule has 0 bridgehead atoms. The minimum atomic E-state index is -0.566. The molecule has 2 rings (SSSR count). The highest BCUT2D eigenvalue weighted by Crippen LogP contribution is 2.37. The first-order valence-electron chi connectivity index (χ1n) is 5.09. The van der Waals surface area contributed by atoms with Gasteiger partial charge in [0.05, 0.1) is 9.40 Å². The molecule has 1 aromatic rings. The van der Waals surface area contributed by atoms with Crippen LogP contribution >= 0.6 is 15.9 Å². The number of anilines is 1. The first-order chi connectivity index (χ1) is 8.54. The van der Waals surface area contributed by atoms with Gasteiger partial charge in [-0.2, -0.15) is 0 Å². The fraction of sp³-hybridized carbons (Fsp3) is 0.273. The van der Waals surface area contributed by atoms with Crippen LogP contribution in [0.5, 0.6) is 0 Å². The highest BCUT2D eigenvalue weighted by Gasteiger charge is 2.35. The van der Waals surface area contributed by atoms with Gasteiger partial charge in [-0.1, -0.05) is 0 Å².